The zero-order valence-corrected chi connectivity index (χ0v) is 17.9. The summed E-state index contributed by atoms with van der Waals surface area (Å²) in [7, 11) is 0. The van der Waals surface area contributed by atoms with Crippen molar-refractivity contribution in [1.82, 2.24) is 0 Å². The maximum absolute atomic E-state index is 6.32. The summed E-state index contributed by atoms with van der Waals surface area (Å²) in [5.74, 6) is 3.11. The Labute approximate surface area is 191 Å². The van der Waals surface area contributed by atoms with Gasteiger partial charge in [-0.05, 0) is 47.5 Å². The fourth-order valence-corrected chi connectivity index (χ4v) is 3.67. The fourth-order valence-electron chi connectivity index (χ4n) is 3.67. The molecule has 1 heteroatoms. The number of nitrogens with zero attached hydrogens (tertiary/aromatic N) is 1. The van der Waals surface area contributed by atoms with Crippen LogP contribution in [0.1, 0.15) is 11.1 Å². The van der Waals surface area contributed by atoms with Crippen LogP contribution in [0.15, 0.2) is 133 Å². The van der Waals surface area contributed by atoms with Gasteiger partial charge in [0.05, 0.1) is 0 Å². The first-order valence-electron chi connectivity index (χ1n) is 10.7. The van der Waals surface area contributed by atoms with Crippen molar-refractivity contribution in [2.24, 2.45) is 0 Å². The number of hydrogen-bond donors (Lipinski definition) is 0. The van der Waals surface area contributed by atoms with E-state index in [1.165, 1.54) is 0 Å². The zero-order chi connectivity index (χ0) is 22.1. The van der Waals surface area contributed by atoms with E-state index in [-0.39, 0.29) is 0 Å². The molecule has 32 heavy (non-hydrogen) atoms. The number of terminal acetylenes is 1. The Morgan fingerprint density at radius 3 is 1.22 bits per heavy atom. The van der Waals surface area contributed by atoms with Crippen LogP contribution in [-0.2, 0) is 0 Å². The van der Waals surface area contributed by atoms with Crippen molar-refractivity contribution in [2.45, 2.75) is 5.54 Å². The SMILES string of the molecule is C#CC(C=Cc1ccccc1)(C=Cc1ccccc1)N(c1ccccc1)c1ccccc1. The lowest BCUT2D eigenvalue weighted by molar-refractivity contribution is 0.811. The van der Waals surface area contributed by atoms with Crippen molar-refractivity contribution in [3.8, 4) is 12.3 Å². The largest absolute Gasteiger partial charge is 0.318 e. The third kappa shape index (κ3) is 4.89. The minimum atomic E-state index is -0.825. The molecule has 1 nitrogen and oxygen atoms in total. The highest BCUT2D eigenvalue weighted by atomic mass is 15.2. The van der Waals surface area contributed by atoms with Gasteiger partial charge < -0.3 is 4.90 Å². The van der Waals surface area contributed by atoms with Gasteiger partial charge in [-0.3, -0.25) is 0 Å². The molecule has 0 aliphatic heterocycles. The Balaban J connectivity index is 1.90. The molecule has 4 aromatic carbocycles. The quantitative estimate of drug-likeness (QED) is 0.283. The molecule has 0 fully saturated rings. The maximum Gasteiger partial charge on any atom is 0.143 e. The molecule has 0 heterocycles. The lowest BCUT2D eigenvalue weighted by atomic mass is 9.92. The van der Waals surface area contributed by atoms with E-state index in [0.29, 0.717) is 0 Å². The Morgan fingerprint density at radius 2 is 0.875 bits per heavy atom. The van der Waals surface area contributed by atoms with Gasteiger partial charge >= 0.3 is 0 Å². The first-order chi connectivity index (χ1) is 15.8. The Morgan fingerprint density at radius 1 is 0.531 bits per heavy atom. The highest BCUT2D eigenvalue weighted by Gasteiger charge is 2.31. The van der Waals surface area contributed by atoms with Gasteiger partial charge in [0.2, 0.25) is 0 Å². The van der Waals surface area contributed by atoms with E-state index in [1.54, 1.807) is 0 Å². The number of rotatable bonds is 7. The number of anilines is 2. The van der Waals surface area contributed by atoms with Crippen molar-refractivity contribution >= 4 is 23.5 Å². The van der Waals surface area contributed by atoms with E-state index in [4.69, 9.17) is 6.42 Å². The fraction of sp³-hybridized carbons (Fsp3) is 0.0323. The molecule has 0 amide bonds. The minimum Gasteiger partial charge on any atom is -0.318 e. The molecular weight excluding hydrogens is 386 g/mol. The van der Waals surface area contributed by atoms with Crippen molar-refractivity contribution in [2.75, 3.05) is 4.90 Å². The molecule has 0 saturated carbocycles. The third-order valence-electron chi connectivity index (χ3n) is 5.29. The van der Waals surface area contributed by atoms with Crippen molar-refractivity contribution < 1.29 is 0 Å². The molecule has 0 unspecified atom stereocenters. The summed E-state index contributed by atoms with van der Waals surface area (Å²) in [6.45, 7) is 0. The maximum atomic E-state index is 6.32. The van der Waals surface area contributed by atoms with E-state index in [1.807, 2.05) is 72.8 Å². The van der Waals surface area contributed by atoms with E-state index >= 15 is 0 Å². The van der Waals surface area contributed by atoms with E-state index in [9.17, 15) is 0 Å². The lowest BCUT2D eigenvalue weighted by Gasteiger charge is -2.38. The Hall–Kier alpha value is -4.28. The second kappa shape index (κ2) is 10.2. The standard InChI is InChI=1S/C31H25N/c1-2-31(25-23-27-15-7-3-8-16-27,26-24-28-17-9-4-10-18-28)32(29-19-11-5-12-20-29)30-21-13-6-14-22-30/h1,3-26H. The first-order valence-corrected chi connectivity index (χ1v) is 10.7. The third-order valence-corrected chi connectivity index (χ3v) is 5.29. The predicted octanol–water partition coefficient (Wildman–Crippen LogP) is 7.62. The number of para-hydroxylation sites is 2. The summed E-state index contributed by atoms with van der Waals surface area (Å²) < 4.78 is 0. The molecule has 0 aliphatic rings. The Kier molecular flexibility index (Phi) is 6.66. The van der Waals surface area contributed by atoms with E-state index in [2.05, 4.69) is 83.7 Å². The van der Waals surface area contributed by atoms with Gasteiger partial charge in [-0.25, -0.2) is 0 Å². The molecule has 0 atom stereocenters. The molecule has 0 N–H and O–H groups in total. The van der Waals surface area contributed by atoms with Crippen LogP contribution >= 0.6 is 0 Å². The minimum absolute atomic E-state index is 0.825. The van der Waals surface area contributed by atoms with Gasteiger partial charge in [0.25, 0.3) is 0 Å². The zero-order valence-electron chi connectivity index (χ0n) is 17.9. The Bertz CT molecular complexity index is 1110. The molecule has 4 aromatic rings. The van der Waals surface area contributed by atoms with Gasteiger partial charge in [0, 0.05) is 11.4 Å². The van der Waals surface area contributed by atoms with Crippen LogP contribution in [0, 0.1) is 12.3 Å². The van der Waals surface area contributed by atoms with Gasteiger partial charge in [-0.2, -0.15) is 0 Å². The normalized spacial score (nSPS) is 13.0. The average Bonchev–Trinajstić information content (AvgIpc) is 2.88. The van der Waals surface area contributed by atoms with Crippen LogP contribution in [0.5, 0.6) is 0 Å². The molecule has 4 rings (SSSR count). The molecule has 154 valence electrons. The van der Waals surface area contributed by atoms with Crippen molar-refractivity contribution in [1.29, 1.82) is 0 Å². The summed E-state index contributed by atoms with van der Waals surface area (Å²) in [5.41, 5.74) is 3.41. The van der Waals surface area contributed by atoms with Gasteiger partial charge in [0.1, 0.15) is 5.54 Å². The summed E-state index contributed by atoms with van der Waals surface area (Å²) in [5, 5.41) is 0. The van der Waals surface area contributed by atoms with Gasteiger partial charge in [-0.1, -0.05) is 115 Å². The molecule has 0 radical (unpaired) electrons. The molecule has 0 aromatic heterocycles. The molecule has 0 bridgehead atoms. The van der Waals surface area contributed by atoms with Crippen LogP contribution in [-0.4, -0.2) is 5.54 Å². The van der Waals surface area contributed by atoms with Crippen LogP contribution in [0.3, 0.4) is 0 Å². The molecule has 0 aliphatic carbocycles. The molecular formula is C31H25N. The number of hydrogen-bond acceptors (Lipinski definition) is 1. The van der Waals surface area contributed by atoms with E-state index < -0.39 is 5.54 Å². The van der Waals surface area contributed by atoms with Crippen LogP contribution in [0.4, 0.5) is 11.4 Å². The first kappa shape index (κ1) is 21.0. The monoisotopic (exact) mass is 411 g/mol. The van der Waals surface area contributed by atoms with Crippen LogP contribution in [0.25, 0.3) is 12.2 Å². The highest BCUT2D eigenvalue weighted by Crippen LogP contribution is 2.36. The van der Waals surface area contributed by atoms with Gasteiger partial charge in [0.15, 0.2) is 0 Å². The average molecular weight is 412 g/mol. The van der Waals surface area contributed by atoms with E-state index in [0.717, 1.165) is 22.5 Å². The topological polar surface area (TPSA) is 3.24 Å². The summed E-state index contributed by atoms with van der Waals surface area (Å²) in [6.07, 6.45) is 14.7. The van der Waals surface area contributed by atoms with Gasteiger partial charge in [-0.15, -0.1) is 6.42 Å². The van der Waals surface area contributed by atoms with Crippen molar-refractivity contribution in [3.05, 3.63) is 145 Å². The van der Waals surface area contributed by atoms with Crippen LogP contribution < -0.4 is 4.90 Å². The lowest BCUT2D eigenvalue weighted by Crippen LogP contribution is -2.41. The summed E-state index contributed by atoms with van der Waals surface area (Å²) in [6, 6.07) is 41.0. The second-order valence-electron chi connectivity index (χ2n) is 7.46. The van der Waals surface area contributed by atoms with Crippen molar-refractivity contribution in [3.63, 3.8) is 0 Å². The predicted molar refractivity (Wildman–Crippen MR) is 138 cm³/mol. The highest BCUT2D eigenvalue weighted by molar-refractivity contribution is 5.74. The van der Waals surface area contributed by atoms with Crippen LogP contribution in [0.2, 0.25) is 0 Å². The molecule has 0 spiro atoms. The number of benzene rings is 4. The summed E-state index contributed by atoms with van der Waals surface area (Å²) in [4.78, 5) is 2.20. The smallest absolute Gasteiger partial charge is 0.143 e. The second-order valence-corrected chi connectivity index (χ2v) is 7.46. The summed E-state index contributed by atoms with van der Waals surface area (Å²) >= 11 is 0. The molecule has 0 saturated heterocycles.